The van der Waals surface area contributed by atoms with Gasteiger partial charge in [-0.25, -0.2) is 9.78 Å². The molecular weight excluding hydrogens is 388 g/mol. The van der Waals surface area contributed by atoms with E-state index in [2.05, 4.69) is 10.3 Å². The van der Waals surface area contributed by atoms with Crippen molar-refractivity contribution in [2.45, 2.75) is 26.9 Å². The van der Waals surface area contributed by atoms with Gasteiger partial charge in [0.25, 0.3) is 5.91 Å². The summed E-state index contributed by atoms with van der Waals surface area (Å²) < 4.78 is 5.33. The van der Waals surface area contributed by atoms with Gasteiger partial charge in [-0.1, -0.05) is 30.3 Å². The number of ketones is 1. The number of Topliss-reactive ketones (excluding diaryl/α,β-unsaturated/α-hetero) is 1. The smallest absolute Gasteiger partial charge is 0.351 e. The van der Waals surface area contributed by atoms with Gasteiger partial charge in [-0.15, -0.1) is 11.3 Å². The zero-order chi connectivity index (χ0) is 21.0. The predicted molar refractivity (Wildman–Crippen MR) is 112 cm³/mol. The molecule has 148 valence electrons. The van der Waals surface area contributed by atoms with E-state index in [4.69, 9.17) is 4.74 Å². The Labute approximate surface area is 172 Å². The summed E-state index contributed by atoms with van der Waals surface area (Å²) in [5.41, 5.74) is 2.55. The van der Waals surface area contributed by atoms with Crippen molar-refractivity contribution in [1.29, 1.82) is 0 Å². The van der Waals surface area contributed by atoms with Gasteiger partial charge in [0, 0.05) is 16.8 Å². The Morgan fingerprint density at radius 2 is 1.69 bits per heavy atom. The highest BCUT2D eigenvalue weighted by Crippen LogP contribution is 2.28. The molecule has 0 saturated carbocycles. The number of aryl methyl sites for hydroxylation is 1. The topological polar surface area (TPSA) is 85.4 Å². The number of amides is 1. The fraction of sp³-hybridized carbons (Fsp3) is 0.182. The van der Waals surface area contributed by atoms with E-state index in [-0.39, 0.29) is 5.78 Å². The lowest BCUT2D eigenvalue weighted by atomic mass is 10.1. The number of carbonyl (C=O) groups is 3. The molecule has 1 heterocycles. The van der Waals surface area contributed by atoms with Crippen LogP contribution in [0.15, 0.2) is 54.6 Å². The molecule has 29 heavy (non-hydrogen) atoms. The summed E-state index contributed by atoms with van der Waals surface area (Å²) in [7, 11) is 0. The summed E-state index contributed by atoms with van der Waals surface area (Å²) in [6.45, 7) is 4.71. The molecule has 7 heteroatoms. The van der Waals surface area contributed by atoms with Gasteiger partial charge in [0.05, 0.1) is 5.69 Å². The van der Waals surface area contributed by atoms with Crippen molar-refractivity contribution in [2.24, 2.45) is 0 Å². The summed E-state index contributed by atoms with van der Waals surface area (Å²) in [5.74, 6) is -1.10. The van der Waals surface area contributed by atoms with E-state index in [1.54, 1.807) is 31.2 Å². The maximum absolute atomic E-state index is 12.5. The van der Waals surface area contributed by atoms with Crippen molar-refractivity contribution in [2.75, 3.05) is 5.32 Å². The molecule has 0 aliphatic carbocycles. The molecule has 2 aromatic carbocycles. The molecule has 0 unspecified atom stereocenters. The van der Waals surface area contributed by atoms with Crippen LogP contribution in [0.3, 0.4) is 0 Å². The molecule has 0 aliphatic heterocycles. The maximum Gasteiger partial charge on any atom is 0.351 e. The second-order valence-corrected chi connectivity index (χ2v) is 7.47. The molecule has 1 aromatic heterocycles. The number of nitrogens with one attached hydrogen (secondary N) is 1. The number of hydrogen-bond donors (Lipinski definition) is 1. The first kappa shape index (κ1) is 20.4. The predicted octanol–water partition coefficient (Wildman–Crippen LogP) is 4.51. The molecule has 3 rings (SSSR count). The number of thiazole rings is 1. The number of esters is 1. The lowest BCUT2D eigenvalue weighted by Crippen LogP contribution is -2.30. The SMILES string of the molecule is CC(=O)c1ccc(NC(=O)[C@H](C)OC(=O)c2sc(-c3ccccc3)nc2C)cc1. The number of rotatable bonds is 6. The minimum atomic E-state index is -0.989. The highest BCUT2D eigenvalue weighted by atomic mass is 32.1. The molecule has 3 aromatic rings. The maximum atomic E-state index is 12.5. The van der Waals surface area contributed by atoms with Crippen molar-refractivity contribution in [3.63, 3.8) is 0 Å². The summed E-state index contributed by atoms with van der Waals surface area (Å²) in [6, 6.07) is 16.1. The van der Waals surface area contributed by atoms with E-state index in [9.17, 15) is 14.4 Å². The third-order valence-corrected chi connectivity index (χ3v) is 5.40. The zero-order valence-corrected chi connectivity index (χ0v) is 17.1. The van der Waals surface area contributed by atoms with Crippen LogP contribution < -0.4 is 5.32 Å². The van der Waals surface area contributed by atoms with E-state index in [0.717, 1.165) is 10.6 Å². The van der Waals surface area contributed by atoms with Crippen molar-refractivity contribution >= 4 is 34.7 Å². The average molecular weight is 408 g/mol. The molecule has 0 radical (unpaired) electrons. The number of benzene rings is 2. The summed E-state index contributed by atoms with van der Waals surface area (Å²) >= 11 is 1.23. The molecule has 0 fully saturated rings. The van der Waals surface area contributed by atoms with E-state index in [0.29, 0.717) is 21.8 Å². The summed E-state index contributed by atoms with van der Waals surface area (Å²) in [4.78, 5) is 41.0. The van der Waals surface area contributed by atoms with E-state index >= 15 is 0 Å². The van der Waals surface area contributed by atoms with Crippen LogP contribution >= 0.6 is 11.3 Å². The van der Waals surface area contributed by atoms with Gasteiger partial charge in [-0.3, -0.25) is 9.59 Å². The first-order valence-electron chi connectivity index (χ1n) is 9.01. The molecular formula is C22H20N2O4S. The lowest BCUT2D eigenvalue weighted by Gasteiger charge is -2.13. The number of anilines is 1. The lowest BCUT2D eigenvalue weighted by molar-refractivity contribution is -0.123. The molecule has 1 amide bonds. The summed E-state index contributed by atoms with van der Waals surface area (Å²) in [5, 5.41) is 3.39. The van der Waals surface area contributed by atoms with Crippen LogP contribution in [0.4, 0.5) is 5.69 Å². The molecule has 0 spiro atoms. The molecule has 0 bridgehead atoms. The Morgan fingerprint density at radius 1 is 1.03 bits per heavy atom. The zero-order valence-electron chi connectivity index (χ0n) is 16.3. The molecule has 0 saturated heterocycles. The third-order valence-electron chi connectivity index (χ3n) is 4.21. The van der Waals surface area contributed by atoms with Crippen LogP contribution in [0.2, 0.25) is 0 Å². The van der Waals surface area contributed by atoms with Gasteiger partial charge in [-0.2, -0.15) is 0 Å². The van der Waals surface area contributed by atoms with Crippen LogP contribution in [0.1, 0.15) is 39.6 Å². The molecule has 0 aliphatic rings. The normalized spacial score (nSPS) is 11.6. The first-order valence-corrected chi connectivity index (χ1v) is 9.82. The Bertz CT molecular complexity index is 1040. The van der Waals surface area contributed by atoms with Crippen LogP contribution in [0, 0.1) is 6.92 Å². The van der Waals surface area contributed by atoms with Crippen LogP contribution in [0.5, 0.6) is 0 Å². The van der Waals surface area contributed by atoms with Gasteiger partial charge in [0.1, 0.15) is 9.88 Å². The second-order valence-electron chi connectivity index (χ2n) is 6.47. The van der Waals surface area contributed by atoms with Gasteiger partial charge in [-0.05, 0) is 45.0 Å². The van der Waals surface area contributed by atoms with Crippen molar-refractivity contribution in [3.05, 3.63) is 70.7 Å². The van der Waals surface area contributed by atoms with Crippen LogP contribution in [-0.4, -0.2) is 28.7 Å². The number of aromatic nitrogens is 1. The van der Waals surface area contributed by atoms with E-state index < -0.39 is 18.0 Å². The summed E-state index contributed by atoms with van der Waals surface area (Å²) in [6.07, 6.45) is -0.989. The first-order chi connectivity index (χ1) is 13.8. The Balaban J connectivity index is 1.65. The average Bonchev–Trinajstić information content (AvgIpc) is 3.11. The highest BCUT2D eigenvalue weighted by molar-refractivity contribution is 7.17. The minimum Gasteiger partial charge on any atom is -0.448 e. The van der Waals surface area contributed by atoms with Crippen molar-refractivity contribution in [1.82, 2.24) is 4.98 Å². The monoisotopic (exact) mass is 408 g/mol. The highest BCUT2D eigenvalue weighted by Gasteiger charge is 2.23. The second kappa shape index (κ2) is 8.79. The van der Waals surface area contributed by atoms with Crippen LogP contribution in [0.25, 0.3) is 10.6 Å². The Morgan fingerprint density at radius 3 is 2.31 bits per heavy atom. The number of nitrogens with zero attached hydrogens (tertiary/aromatic N) is 1. The van der Waals surface area contributed by atoms with Gasteiger partial charge < -0.3 is 10.1 Å². The van der Waals surface area contributed by atoms with Crippen molar-refractivity contribution in [3.8, 4) is 10.6 Å². The standard InChI is InChI=1S/C22H20N2O4S/c1-13-19(29-21(23-13)17-7-5-4-6-8-17)22(27)28-15(3)20(26)24-18-11-9-16(10-12-18)14(2)25/h4-12,15H,1-3H3,(H,24,26)/t15-/m0/s1. The fourth-order valence-electron chi connectivity index (χ4n) is 2.59. The minimum absolute atomic E-state index is 0.0556. The molecule has 1 atom stereocenters. The van der Waals surface area contributed by atoms with E-state index in [1.165, 1.54) is 25.2 Å². The molecule has 6 nitrogen and oxygen atoms in total. The largest absolute Gasteiger partial charge is 0.448 e. The van der Waals surface area contributed by atoms with Gasteiger partial charge >= 0.3 is 5.97 Å². The van der Waals surface area contributed by atoms with Gasteiger partial charge in [0.2, 0.25) is 0 Å². The van der Waals surface area contributed by atoms with E-state index in [1.807, 2.05) is 30.3 Å². The fourth-order valence-corrected chi connectivity index (χ4v) is 3.54. The van der Waals surface area contributed by atoms with Gasteiger partial charge in [0.15, 0.2) is 11.9 Å². The third kappa shape index (κ3) is 4.94. The number of hydrogen-bond acceptors (Lipinski definition) is 6. The Kier molecular flexibility index (Phi) is 6.19. The number of ether oxygens (including phenoxy) is 1. The van der Waals surface area contributed by atoms with Crippen molar-refractivity contribution < 1.29 is 19.1 Å². The number of carbonyl (C=O) groups excluding carboxylic acids is 3. The quantitative estimate of drug-likeness (QED) is 0.479. The van der Waals surface area contributed by atoms with Crippen LogP contribution in [-0.2, 0) is 9.53 Å². The molecule has 1 N–H and O–H groups in total. The Hall–Kier alpha value is -3.32.